The zero-order valence-electron chi connectivity index (χ0n) is 9.30. The van der Waals surface area contributed by atoms with Gasteiger partial charge in [0.1, 0.15) is 5.75 Å². The lowest BCUT2D eigenvalue weighted by Gasteiger charge is -2.08. The Hall–Kier alpha value is -1.31. The number of ether oxygens (including phenoxy) is 1. The molecule has 0 fully saturated rings. The second-order valence-corrected chi connectivity index (χ2v) is 4.02. The molecule has 1 aliphatic heterocycles. The summed E-state index contributed by atoms with van der Waals surface area (Å²) >= 11 is 0. The van der Waals surface area contributed by atoms with Crippen LogP contribution in [0, 0.1) is 0 Å². The van der Waals surface area contributed by atoms with Gasteiger partial charge in [0.25, 0.3) is 0 Å². The van der Waals surface area contributed by atoms with Gasteiger partial charge in [0, 0.05) is 12.0 Å². The maximum absolute atomic E-state index is 11.5. The summed E-state index contributed by atoms with van der Waals surface area (Å²) in [6, 6.07) is 4.05. The predicted octanol–water partition coefficient (Wildman–Crippen LogP) is 2.78. The van der Waals surface area contributed by atoms with E-state index in [1.54, 1.807) is 6.92 Å². The van der Waals surface area contributed by atoms with Gasteiger partial charge in [0.15, 0.2) is 5.78 Å². The molecule has 0 amide bonds. The smallest absolute Gasteiger partial charge is 0.160 e. The quantitative estimate of drug-likeness (QED) is 0.708. The van der Waals surface area contributed by atoms with Gasteiger partial charge in [-0.3, -0.25) is 4.79 Å². The molecule has 0 saturated carbocycles. The Bertz CT molecular complexity index is 394. The second kappa shape index (κ2) is 4.05. The number of Topliss-reactive ketones (excluding diaryl/α,β-unsaturated/α-hetero) is 1. The highest BCUT2D eigenvalue weighted by atomic mass is 16.5. The van der Waals surface area contributed by atoms with Gasteiger partial charge in [0.05, 0.1) is 6.61 Å². The minimum atomic E-state index is 0.136. The molecular formula is C13H16O2. The molecular weight excluding hydrogens is 188 g/mol. The standard InChI is InChI=1S/C13H16O2/c1-3-4-10-7-11-5-6-15-13(11)8-12(10)9(2)14/h7-8H,3-6H2,1-2H3. The first-order chi connectivity index (χ1) is 7.22. The van der Waals surface area contributed by atoms with Crippen LogP contribution in [0.3, 0.4) is 0 Å². The number of aryl methyl sites for hydroxylation is 1. The number of hydrogen-bond acceptors (Lipinski definition) is 2. The zero-order chi connectivity index (χ0) is 10.8. The van der Waals surface area contributed by atoms with E-state index in [-0.39, 0.29) is 5.78 Å². The fourth-order valence-corrected chi connectivity index (χ4v) is 2.08. The number of carbonyl (C=O) groups excluding carboxylic acids is 1. The molecule has 80 valence electrons. The molecule has 1 aromatic carbocycles. The molecule has 0 N–H and O–H groups in total. The van der Waals surface area contributed by atoms with Crippen LogP contribution in [0.15, 0.2) is 12.1 Å². The Morgan fingerprint density at radius 1 is 1.47 bits per heavy atom. The summed E-state index contributed by atoms with van der Waals surface area (Å²) in [5, 5.41) is 0. The molecule has 0 spiro atoms. The van der Waals surface area contributed by atoms with Crippen LogP contribution in [0.4, 0.5) is 0 Å². The first kappa shape index (κ1) is 10.2. The van der Waals surface area contributed by atoms with E-state index in [1.807, 2.05) is 6.07 Å². The summed E-state index contributed by atoms with van der Waals surface area (Å²) in [5.41, 5.74) is 3.26. The molecule has 2 heteroatoms. The van der Waals surface area contributed by atoms with Gasteiger partial charge in [-0.15, -0.1) is 0 Å². The van der Waals surface area contributed by atoms with Crippen LogP contribution in [-0.2, 0) is 12.8 Å². The molecule has 0 radical (unpaired) electrons. The van der Waals surface area contributed by atoms with Gasteiger partial charge in [-0.2, -0.15) is 0 Å². The van der Waals surface area contributed by atoms with Crippen LogP contribution in [0.1, 0.15) is 41.8 Å². The van der Waals surface area contributed by atoms with E-state index in [0.29, 0.717) is 0 Å². The van der Waals surface area contributed by atoms with E-state index in [1.165, 1.54) is 11.1 Å². The van der Waals surface area contributed by atoms with Crippen molar-refractivity contribution in [1.29, 1.82) is 0 Å². The molecule has 2 rings (SSSR count). The number of ketones is 1. The predicted molar refractivity (Wildman–Crippen MR) is 59.6 cm³/mol. The van der Waals surface area contributed by atoms with Crippen molar-refractivity contribution in [3.05, 3.63) is 28.8 Å². The minimum Gasteiger partial charge on any atom is -0.493 e. The monoisotopic (exact) mass is 204 g/mol. The molecule has 0 aromatic heterocycles. The maximum Gasteiger partial charge on any atom is 0.160 e. The van der Waals surface area contributed by atoms with E-state index in [4.69, 9.17) is 4.74 Å². The van der Waals surface area contributed by atoms with Crippen LogP contribution < -0.4 is 4.74 Å². The lowest BCUT2D eigenvalue weighted by Crippen LogP contribution is -2.00. The fraction of sp³-hybridized carbons (Fsp3) is 0.462. The van der Waals surface area contributed by atoms with Crippen molar-refractivity contribution < 1.29 is 9.53 Å². The van der Waals surface area contributed by atoms with Gasteiger partial charge >= 0.3 is 0 Å². The maximum atomic E-state index is 11.5. The molecule has 0 unspecified atom stereocenters. The van der Waals surface area contributed by atoms with Gasteiger partial charge in [-0.25, -0.2) is 0 Å². The van der Waals surface area contributed by atoms with Crippen molar-refractivity contribution in [2.75, 3.05) is 6.61 Å². The summed E-state index contributed by atoms with van der Waals surface area (Å²) in [6.45, 7) is 4.51. The van der Waals surface area contributed by atoms with Gasteiger partial charge in [-0.1, -0.05) is 19.4 Å². The Labute approximate surface area is 90.3 Å². The first-order valence-corrected chi connectivity index (χ1v) is 5.52. The Morgan fingerprint density at radius 2 is 2.27 bits per heavy atom. The van der Waals surface area contributed by atoms with Crippen molar-refractivity contribution in [1.82, 2.24) is 0 Å². The molecule has 0 aliphatic carbocycles. The van der Waals surface area contributed by atoms with Crippen molar-refractivity contribution in [2.24, 2.45) is 0 Å². The van der Waals surface area contributed by atoms with E-state index < -0.39 is 0 Å². The van der Waals surface area contributed by atoms with Gasteiger partial charge in [-0.05, 0) is 30.5 Å². The third-order valence-electron chi connectivity index (χ3n) is 2.81. The summed E-state index contributed by atoms with van der Waals surface area (Å²) in [5.74, 6) is 1.04. The summed E-state index contributed by atoms with van der Waals surface area (Å²) in [4.78, 5) is 11.5. The van der Waals surface area contributed by atoms with Crippen LogP contribution in [0.25, 0.3) is 0 Å². The normalized spacial score (nSPS) is 13.5. The zero-order valence-corrected chi connectivity index (χ0v) is 9.30. The number of fused-ring (bicyclic) bond motifs is 1. The largest absolute Gasteiger partial charge is 0.493 e. The van der Waals surface area contributed by atoms with Crippen LogP contribution in [0.5, 0.6) is 5.75 Å². The fourth-order valence-electron chi connectivity index (χ4n) is 2.08. The molecule has 2 nitrogen and oxygen atoms in total. The molecule has 1 heterocycles. The summed E-state index contributed by atoms with van der Waals surface area (Å²) in [7, 11) is 0. The van der Waals surface area contributed by atoms with E-state index >= 15 is 0 Å². The Kier molecular flexibility index (Phi) is 2.76. The molecule has 0 bridgehead atoms. The van der Waals surface area contributed by atoms with Crippen molar-refractivity contribution >= 4 is 5.78 Å². The van der Waals surface area contributed by atoms with Crippen molar-refractivity contribution in [3.63, 3.8) is 0 Å². The third kappa shape index (κ3) is 1.89. The minimum absolute atomic E-state index is 0.136. The average molecular weight is 204 g/mol. The first-order valence-electron chi connectivity index (χ1n) is 5.52. The number of rotatable bonds is 3. The van der Waals surface area contributed by atoms with Gasteiger partial charge in [0.2, 0.25) is 0 Å². The molecule has 0 saturated heterocycles. The number of carbonyl (C=O) groups is 1. The SMILES string of the molecule is CCCc1cc2c(cc1C(C)=O)OCC2. The Balaban J connectivity index is 2.47. The molecule has 0 atom stereocenters. The van der Waals surface area contributed by atoms with Crippen LogP contribution >= 0.6 is 0 Å². The van der Waals surface area contributed by atoms with Crippen LogP contribution in [-0.4, -0.2) is 12.4 Å². The number of benzene rings is 1. The van der Waals surface area contributed by atoms with Crippen LogP contribution in [0.2, 0.25) is 0 Å². The summed E-state index contributed by atoms with van der Waals surface area (Å²) in [6.07, 6.45) is 3.02. The van der Waals surface area contributed by atoms with E-state index in [2.05, 4.69) is 13.0 Å². The van der Waals surface area contributed by atoms with Crippen molar-refractivity contribution in [3.8, 4) is 5.75 Å². The second-order valence-electron chi connectivity index (χ2n) is 4.02. The molecule has 1 aliphatic rings. The highest BCUT2D eigenvalue weighted by Crippen LogP contribution is 2.29. The summed E-state index contributed by atoms with van der Waals surface area (Å²) < 4.78 is 5.47. The lowest BCUT2D eigenvalue weighted by molar-refractivity contribution is 0.101. The topological polar surface area (TPSA) is 26.3 Å². The molecule has 1 aromatic rings. The highest BCUT2D eigenvalue weighted by Gasteiger charge is 2.17. The third-order valence-corrected chi connectivity index (χ3v) is 2.81. The number of hydrogen-bond donors (Lipinski definition) is 0. The van der Waals surface area contributed by atoms with Gasteiger partial charge < -0.3 is 4.74 Å². The van der Waals surface area contributed by atoms with Crippen molar-refractivity contribution in [2.45, 2.75) is 33.1 Å². The molecule has 15 heavy (non-hydrogen) atoms. The average Bonchev–Trinajstić information content (AvgIpc) is 2.63. The van der Waals surface area contributed by atoms with E-state index in [0.717, 1.165) is 37.2 Å². The highest BCUT2D eigenvalue weighted by molar-refractivity contribution is 5.96. The van der Waals surface area contributed by atoms with E-state index in [9.17, 15) is 4.79 Å². The Morgan fingerprint density at radius 3 is 2.93 bits per heavy atom. The lowest BCUT2D eigenvalue weighted by atomic mass is 9.97.